The predicted octanol–water partition coefficient (Wildman–Crippen LogP) is 14.7. The van der Waals surface area contributed by atoms with Crippen molar-refractivity contribution in [2.45, 2.75) is 0 Å². The molecule has 0 amide bonds. The third-order valence-electron chi connectivity index (χ3n) is 11.2. The largest absolute Gasteiger partial charge is 0.0622 e. The van der Waals surface area contributed by atoms with Crippen molar-refractivity contribution in [1.82, 2.24) is 0 Å². The molecule has 240 valence electrons. The summed E-state index contributed by atoms with van der Waals surface area (Å²) in [6.45, 7) is 0. The van der Waals surface area contributed by atoms with Crippen LogP contribution in [-0.4, -0.2) is 0 Å². The molecule has 0 heterocycles. The van der Waals surface area contributed by atoms with E-state index in [4.69, 9.17) is 0 Å². The van der Waals surface area contributed by atoms with Crippen molar-refractivity contribution in [3.63, 3.8) is 0 Å². The summed E-state index contributed by atoms with van der Waals surface area (Å²) < 4.78 is 0. The quantitative estimate of drug-likeness (QED) is 0.131. The van der Waals surface area contributed by atoms with Gasteiger partial charge in [-0.3, -0.25) is 0 Å². The van der Waals surface area contributed by atoms with Crippen LogP contribution in [0.25, 0.3) is 109 Å². The van der Waals surface area contributed by atoms with Crippen LogP contribution in [0, 0.1) is 0 Å². The normalized spacial score (nSPS) is 11.8. The molecule has 0 aliphatic rings. The third-order valence-corrected chi connectivity index (χ3v) is 11.2. The summed E-state index contributed by atoms with van der Waals surface area (Å²) >= 11 is 0. The van der Waals surface area contributed by atoms with E-state index in [2.05, 4.69) is 194 Å². The number of rotatable bonds is 4. The van der Waals surface area contributed by atoms with Crippen LogP contribution in [0.2, 0.25) is 0 Å². The van der Waals surface area contributed by atoms with Crippen LogP contribution in [0.4, 0.5) is 0 Å². The maximum atomic E-state index is 2.37. The lowest BCUT2D eigenvalue weighted by Gasteiger charge is -2.22. The zero-order valence-corrected chi connectivity index (χ0v) is 28.5. The van der Waals surface area contributed by atoms with Gasteiger partial charge < -0.3 is 0 Å². The highest BCUT2D eigenvalue weighted by atomic mass is 14.2. The second-order valence-corrected chi connectivity index (χ2v) is 13.9. The first kappa shape index (κ1) is 29.0. The van der Waals surface area contributed by atoms with E-state index in [0.29, 0.717) is 0 Å². The lowest BCUT2D eigenvalue weighted by atomic mass is 9.81. The first-order valence-corrected chi connectivity index (χ1v) is 18.1. The standard InChI is InChI=1S/C52H32/c1-3-14-33(15-4-1)35-18-11-19-36(32-35)38-28-30-46(40-21-8-7-20-39(38)40)50-42-22-9-10-23-44(42)52-48-31-29-37(34-16-5-2-6-17-34)41-24-12-25-43(49(41)48)45-26-13-27-47(50)51(45)52/h1-32H. The maximum absolute atomic E-state index is 2.37. The van der Waals surface area contributed by atoms with Gasteiger partial charge in [0, 0.05) is 0 Å². The molecule has 11 aromatic rings. The van der Waals surface area contributed by atoms with Crippen LogP contribution in [-0.2, 0) is 0 Å². The molecule has 0 spiro atoms. The maximum Gasteiger partial charge on any atom is -0.00137 e. The van der Waals surface area contributed by atoms with Crippen molar-refractivity contribution in [2.75, 3.05) is 0 Å². The van der Waals surface area contributed by atoms with Crippen LogP contribution in [0.5, 0.6) is 0 Å². The molecular formula is C52H32. The molecule has 0 saturated heterocycles. The van der Waals surface area contributed by atoms with Gasteiger partial charge in [-0.25, -0.2) is 0 Å². The minimum absolute atomic E-state index is 1.23. The van der Waals surface area contributed by atoms with Crippen LogP contribution in [0.3, 0.4) is 0 Å². The molecule has 0 aliphatic heterocycles. The second-order valence-electron chi connectivity index (χ2n) is 13.9. The highest BCUT2D eigenvalue weighted by Crippen LogP contribution is 2.50. The molecule has 0 nitrogen and oxygen atoms in total. The zero-order chi connectivity index (χ0) is 34.2. The van der Waals surface area contributed by atoms with E-state index < -0.39 is 0 Å². The Balaban J connectivity index is 1.22. The average molecular weight is 657 g/mol. The van der Waals surface area contributed by atoms with E-state index in [-0.39, 0.29) is 0 Å². The molecule has 52 heavy (non-hydrogen) atoms. The van der Waals surface area contributed by atoms with Crippen LogP contribution < -0.4 is 0 Å². The monoisotopic (exact) mass is 656 g/mol. The average Bonchev–Trinajstić information content (AvgIpc) is 3.22. The van der Waals surface area contributed by atoms with Gasteiger partial charge in [0.15, 0.2) is 0 Å². The number of hydrogen-bond acceptors (Lipinski definition) is 0. The summed E-state index contributed by atoms with van der Waals surface area (Å²) in [5.41, 5.74) is 10.0. The molecule has 0 saturated carbocycles. The molecule has 0 aliphatic carbocycles. The van der Waals surface area contributed by atoms with E-state index in [1.54, 1.807) is 0 Å². The highest BCUT2D eigenvalue weighted by molar-refractivity contribution is 6.41. The molecule has 0 bridgehead atoms. The van der Waals surface area contributed by atoms with Crippen molar-refractivity contribution in [1.29, 1.82) is 0 Å². The van der Waals surface area contributed by atoms with E-state index in [9.17, 15) is 0 Å². The molecule has 0 heteroatoms. The first-order chi connectivity index (χ1) is 25.8. The minimum atomic E-state index is 1.23. The molecule has 0 radical (unpaired) electrons. The Morgan fingerprint density at radius 3 is 1.40 bits per heavy atom. The van der Waals surface area contributed by atoms with E-state index in [1.165, 1.54) is 109 Å². The second kappa shape index (κ2) is 11.4. The van der Waals surface area contributed by atoms with Gasteiger partial charge in [-0.1, -0.05) is 188 Å². The fourth-order valence-corrected chi connectivity index (χ4v) is 9.00. The molecule has 11 rings (SSSR count). The number of hydrogen-bond donors (Lipinski definition) is 0. The molecular weight excluding hydrogens is 625 g/mol. The Hall–Kier alpha value is -6.76. The summed E-state index contributed by atoms with van der Waals surface area (Å²) in [6.07, 6.45) is 0. The third kappa shape index (κ3) is 4.22. The van der Waals surface area contributed by atoms with Gasteiger partial charge in [0.2, 0.25) is 0 Å². The lowest BCUT2D eigenvalue weighted by molar-refractivity contribution is 1.60. The Bertz CT molecular complexity index is 3150. The van der Waals surface area contributed by atoms with Crippen molar-refractivity contribution in [3.05, 3.63) is 194 Å². The van der Waals surface area contributed by atoms with Crippen LogP contribution >= 0.6 is 0 Å². The van der Waals surface area contributed by atoms with Gasteiger partial charge in [-0.15, -0.1) is 0 Å². The Labute approximate surface area is 302 Å². The Kier molecular flexibility index (Phi) is 6.35. The van der Waals surface area contributed by atoms with E-state index >= 15 is 0 Å². The summed E-state index contributed by atoms with van der Waals surface area (Å²) in [7, 11) is 0. The van der Waals surface area contributed by atoms with Crippen molar-refractivity contribution in [3.8, 4) is 44.5 Å². The van der Waals surface area contributed by atoms with Crippen LogP contribution in [0.15, 0.2) is 194 Å². The summed E-state index contributed by atoms with van der Waals surface area (Å²) in [4.78, 5) is 0. The lowest BCUT2D eigenvalue weighted by Crippen LogP contribution is -1.94. The van der Waals surface area contributed by atoms with Crippen molar-refractivity contribution >= 4 is 64.6 Å². The SMILES string of the molecule is c1ccc(-c2cccc(-c3ccc(-c4c5ccccc5c5c6ccc(-c7ccccc7)c7cccc(c8cccc4c85)c76)c4ccccc34)c2)cc1. The van der Waals surface area contributed by atoms with E-state index in [0.717, 1.165) is 0 Å². The van der Waals surface area contributed by atoms with Crippen LogP contribution in [0.1, 0.15) is 0 Å². The zero-order valence-electron chi connectivity index (χ0n) is 28.5. The van der Waals surface area contributed by atoms with Gasteiger partial charge in [-0.05, 0) is 115 Å². The van der Waals surface area contributed by atoms with Gasteiger partial charge in [0.25, 0.3) is 0 Å². The van der Waals surface area contributed by atoms with Gasteiger partial charge in [0.05, 0.1) is 0 Å². The smallest absolute Gasteiger partial charge is 0.00137 e. The minimum Gasteiger partial charge on any atom is -0.0622 e. The number of fused-ring (bicyclic) bond motifs is 5. The summed E-state index contributed by atoms with van der Waals surface area (Å²) in [5.74, 6) is 0. The Morgan fingerprint density at radius 2 is 0.635 bits per heavy atom. The fourth-order valence-electron chi connectivity index (χ4n) is 9.00. The molecule has 0 aromatic heterocycles. The highest BCUT2D eigenvalue weighted by Gasteiger charge is 2.22. The molecule has 0 fully saturated rings. The molecule has 0 N–H and O–H groups in total. The molecule has 0 unspecified atom stereocenters. The van der Waals surface area contributed by atoms with Crippen molar-refractivity contribution in [2.24, 2.45) is 0 Å². The molecule has 11 aromatic carbocycles. The summed E-state index contributed by atoms with van der Waals surface area (Å²) in [6, 6.07) is 71.7. The Morgan fingerprint density at radius 1 is 0.192 bits per heavy atom. The van der Waals surface area contributed by atoms with Crippen molar-refractivity contribution < 1.29 is 0 Å². The van der Waals surface area contributed by atoms with Gasteiger partial charge in [0.1, 0.15) is 0 Å². The summed E-state index contributed by atoms with van der Waals surface area (Å²) in [5, 5.41) is 15.7. The first-order valence-electron chi connectivity index (χ1n) is 18.1. The molecule has 0 atom stereocenters. The van der Waals surface area contributed by atoms with Gasteiger partial charge in [-0.2, -0.15) is 0 Å². The number of benzene rings is 11. The predicted molar refractivity (Wildman–Crippen MR) is 224 cm³/mol. The topological polar surface area (TPSA) is 0 Å². The van der Waals surface area contributed by atoms with E-state index in [1.807, 2.05) is 0 Å². The fraction of sp³-hybridized carbons (Fsp3) is 0. The van der Waals surface area contributed by atoms with Gasteiger partial charge >= 0.3 is 0 Å².